The second-order valence-corrected chi connectivity index (χ2v) is 9.78. The van der Waals surface area contributed by atoms with Gasteiger partial charge in [0.15, 0.2) is 0 Å². The summed E-state index contributed by atoms with van der Waals surface area (Å²) in [4.78, 5) is 25.9. The van der Waals surface area contributed by atoms with Gasteiger partial charge in [-0.3, -0.25) is 4.79 Å². The largest absolute Gasteiger partial charge is 0.480 e. The van der Waals surface area contributed by atoms with E-state index in [9.17, 15) is 23.1 Å². The standard InChI is InChI=1S/C16H22N2O5S2/c19-14(18-10-2-1-5-13(18)16(20)21)11-12-6-7-15(24-12)25(22,23)17-8-3-4-9-17/h6-7,13H,1-5,8-11H2,(H,20,21)/t13-/m1/s1. The van der Waals surface area contributed by atoms with Crippen LogP contribution < -0.4 is 0 Å². The number of thiophene rings is 1. The van der Waals surface area contributed by atoms with Crippen LogP contribution >= 0.6 is 11.3 Å². The van der Waals surface area contributed by atoms with Crippen LogP contribution in [0.3, 0.4) is 0 Å². The molecule has 7 nitrogen and oxygen atoms in total. The number of hydrogen-bond donors (Lipinski definition) is 1. The first-order valence-corrected chi connectivity index (χ1v) is 10.8. The third-order valence-corrected chi connectivity index (χ3v) is 8.18. The molecule has 2 saturated heterocycles. The second-order valence-electron chi connectivity index (χ2n) is 6.45. The summed E-state index contributed by atoms with van der Waals surface area (Å²) in [6, 6.07) is 2.44. The van der Waals surface area contributed by atoms with Gasteiger partial charge in [0, 0.05) is 24.5 Å². The Labute approximate surface area is 151 Å². The van der Waals surface area contributed by atoms with Crippen LogP contribution in [0, 0.1) is 0 Å². The summed E-state index contributed by atoms with van der Waals surface area (Å²) in [6.07, 6.45) is 3.87. The van der Waals surface area contributed by atoms with Crippen molar-refractivity contribution in [2.75, 3.05) is 19.6 Å². The van der Waals surface area contributed by atoms with E-state index in [0.29, 0.717) is 30.9 Å². The van der Waals surface area contributed by atoms with Gasteiger partial charge < -0.3 is 10.0 Å². The molecule has 0 aromatic carbocycles. The summed E-state index contributed by atoms with van der Waals surface area (Å²) in [5.74, 6) is -1.23. The molecule has 3 heterocycles. The molecular formula is C16H22N2O5S2. The number of hydrogen-bond acceptors (Lipinski definition) is 5. The van der Waals surface area contributed by atoms with Gasteiger partial charge in [0.1, 0.15) is 10.3 Å². The zero-order valence-electron chi connectivity index (χ0n) is 13.9. The molecule has 138 valence electrons. The molecule has 0 aliphatic carbocycles. The van der Waals surface area contributed by atoms with Crippen molar-refractivity contribution in [3.8, 4) is 0 Å². The van der Waals surface area contributed by atoms with Crippen molar-refractivity contribution in [1.82, 2.24) is 9.21 Å². The van der Waals surface area contributed by atoms with Gasteiger partial charge in [0.2, 0.25) is 5.91 Å². The van der Waals surface area contributed by atoms with Gasteiger partial charge in [-0.15, -0.1) is 11.3 Å². The van der Waals surface area contributed by atoms with Crippen molar-refractivity contribution in [1.29, 1.82) is 0 Å². The topological polar surface area (TPSA) is 95.0 Å². The summed E-state index contributed by atoms with van der Waals surface area (Å²) in [5.41, 5.74) is 0. The number of nitrogens with zero attached hydrogens (tertiary/aromatic N) is 2. The van der Waals surface area contributed by atoms with Crippen LogP contribution in [-0.4, -0.2) is 60.3 Å². The summed E-state index contributed by atoms with van der Waals surface area (Å²) in [7, 11) is -3.47. The van der Waals surface area contributed by atoms with Crippen LogP contribution in [0.1, 0.15) is 37.0 Å². The van der Waals surface area contributed by atoms with Crippen molar-refractivity contribution in [2.45, 2.75) is 48.8 Å². The van der Waals surface area contributed by atoms with Crippen LogP contribution in [0.25, 0.3) is 0 Å². The first kappa shape index (κ1) is 18.3. The summed E-state index contributed by atoms with van der Waals surface area (Å²) in [5, 5.41) is 9.28. The number of piperidine rings is 1. The van der Waals surface area contributed by atoms with E-state index in [1.807, 2.05) is 0 Å². The minimum atomic E-state index is -3.47. The molecular weight excluding hydrogens is 364 g/mol. The molecule has 1 atom stereocenters. The minimum absolute atomic E-state index is 0.0456. The lowest BCUT2D eigenvalue weighted by Crippen LogP contribution is -2.48. The Hall–Kier alpha value is -1.45. The monoisotopic (exact) mass is 386 g/mol. The SMILES string of the molecule is O=C(O)[C@H]1CCCCN1C(=O)Cc1ccc(S(=O)(=O)N2CCCC2)s1. The predicted octanol–water partition coefficient (Wildman–Crippen LogP) is 1.54. The van der Waals surface area contributed by atoms with Gasteiger partial charge >= 0.3 is 5.97 Å². The van der Waals surface area contributed by atoms with Crippen LogP contribution in [0.15, 0.2) is 16.3 Å². The smallest absolute Gasteiger partial charge is 0.326 e. The zero-order valence-corrected chi connectivity index (χ0v) is 15.5. The number of carboxylic acids is 1. The Bertz CT molecular complexity index is 752. The lowest BCUT2D eigenvalue weighted by Gasteiger charge is -2.32. The lowest BCUT2D eigenvalue weighted by molar-refractivity contribution is -0.151. The lowest BCUT2D eigenvalue weighted by atomic mass is 10.0. The van der Waals surface area contributed by atoms with E-state index >= 15 is 0 Å². The van der Waals surface area contributed by atoms with E-state index in [4.69, 9.17) is 0 Å². The van der Waals surface area contributed by atoms with Crippen molar-refractivity contribution in [3.63, 3.8) is 0 Å². The molecule has 3 rings (SSSR count). The van der Waals surface area contributed by atoms with Gasteiger partial charge in [0.05, 0.1) is 6.42 Å². The predicted molar refractivity (Wildman–Crippen MR) is 93.0 cm³/mol. The molecule has 0 radical (unpaired) electrons. The quantitative estimate of drug-likeness (QED) is 0.828. The van der Waals surface area contributed by atoms with E-state index < -0.39 is 22.0 Å². The normalized spacial score (nSPS) is 22.2. The molecule has 1 aromatic heterocycles. The van der Waals surface area contributed by atoms with Gasteiger partial charge in [-0.25, -0.2) is 13.2 Å². The first-order valence-electron chi connectivity index (χ1n) is 8.51. The van der Waals surface area contributed by atoms with Crippen molar-refractivity contribution in [2.24, 2.45) is 0 Å². The fourth-order valence-electron chi connectivity index (χ4n) is 3.39. The molecule has 2 aliphatic rings. The molecule has 1 N–H and O–H groups in total. The van der Waals surface area contributed by atoms with E-state index in [1.54, 1.807) is 12.1 Å². The Morgan fingerprint density at radius 1 is 1.12 bits per heavy atom. The van der Waals surface area contributed by atoms with Crippen molar-refractivity contribution >= 4 is 33.2 Å². The molecule has 2 aliphatic heterocycles. The Morgan fingerprint density at radius 2 is 1.80 bits per heavy atom. The Kier molecular flexibility index (Phi) is 5.45. The highest BCUT2D eigenvalue weighted by molar-refractivity contribution is 7.91. The maximum atomic E-state index is 12.5. The van der Waals surface area contributed by atoms with Crippen LogP contribution in [-0.2, 0) is 26.0 Å². The molecule has 9 heteroatoms. The molecule has 0 spiro atoms. The van der Waals surface area contributed by atoms with Crippen LogP contribution in [0.2, 0.25) is 0 Å². The van der Waals surface area contributed by atoms with Gasteiger partial charge in [-0.2, -0.15) is 4.31 Å². The van der Waals surface area contributed by atoms with Gasteiger partial charge in [-0.05, 0) is 44.2 Å². The Morgan fingerprint density at radius 3 is 2.48 bits per heavy atom. The van der Waals surface area contributed by atoms with E-state index in [2.05, 4.69) is 0 Å². The number of amides is 1. The van der Waals surface area contributed by atoms with Crippen LogP contribution in [0.5, 0.6) is 0 Å². The first-order chi connectivity index (χ1) is 11.9. The summed E-state index contributed by atoms with van der Waals surface area (Å²) >= 11 is 1.10. The number of likely N-dealkylation sites (tertiary alicyclic amines) is 1. The average Bonchev–Trinajstić information content (AvgIpc) is 3.27. The fourth-order valence-corrected chi connectivity index (χ4v) is 6.40. The minimum Gasteiger partial charge on any atom is -0.480 e. The number of carbonyl (C=O) groups excluding carboxylic acids is 1. The number of carboxylic acid groups (broad SMARTS) is 1. The second kappa shape index (κ2) is 7.43. The summed E-state index contributed by atoms with van der Waals surface area (Å²) in [6.45, 7) is 1.53. The molecule has 1 aromatic rings. The van der Waals surface area contributed by atoms with Crippen molar-refractivity contribution in [3.05, 3.63) is 17.0 Å². The highest BCUT2D eigenvalue weighted by Gasteiger charge is 2.33. The molecule has 25 heavy (non-hydrogen) atoms. The van der Waals surface area contributed by atoms with Gasteiger partial charge in [0.25, 0.3) is 10.0 Å². The molecule has 0 unspecified atom stereocenters. The van der Waals surface area contributed by atoms with E-state index in [0.717, 1.165) is 37.0 Å². The maximum Gasteiger partial charge on any atom is 0.326 e. The fraction of sp³-hybridized carbons (Fsp3) is 0.625. The third-order valence-electron chi connectivity index (χ3n) is 4.73. The number of sulfonamides is 1. The molecule has 0 saturated carbocycles. The third kappa shape index (κ3) is 3.88. The Balaban J connectivity index is 1.70. The molecule has 2 fully saturated rings. The molecule has 1 amide bonds. The van der Waals surface area contributed by atoms with Crippen LogP contribution in [0.4, 0.5) is 0 Å². The molecule has 0 bridgehead atoms. The maximum absolute atomic E-state index is 12.5. The zero-order chi connectivity index (χ0) is 18.0. The van der Waals surface area contributed by atoms with E-state index in [-0.39, 0.29) is 16.5 Å². The highest BCUT2D eigenvalue weighted by atomic mass is 32.2. The van der Waals surface area contributed by atoms with Gasteiger partial charge in [-0.1, -0.05) is 0 Å². The number of carbonyl (C=O) groups is 2. The average molecular weight is 386 g/mol. The highest BCUT2D eigenvalue weighted by Crippen LogP contribution is 2.28. The van der Waals surface area contributed by atoms with Crippen molar-refractivity contribution < 1.29 is 23.1 Å². The number of rotatable bonds is 5. The van der Waals surface area contributed by atoms with E-state index in [1.165, 1.54) is 9.21 Å². The number of aliphatic carboxylic acids is 1. The summed E-state index contributed by atoms with van der Waals surface area (Å²) < 4.78 is 26.8.